The lowest BCUT2D eigenvalue weighted by atomic mass is 9.83. The van der Waals surface area contributed by atoms with Crippen LogP contribution in [0, 0.1) is 5.41 Å². The van der Waals surface area contributed by atoms with Crippen LogP contribution in [-0.4, -0.2) is 0 Å². The van der Waals surface area contributed by atoms with Crippen molar-refractivity contribution in [2.24, 2.45) is 11.1 Å². The van der Waals surface area contributed by atoms with Gasteiger partial charge in [-0.25, -0.2) is 0 Å². The third-order valence-electron chi connectivity index (χ3n) is 2.06. The molecule has 0 fully saturated rings. The van der Waals surface area contributed by atoms with Crippen molar-refractivity contribution in [1.29, 1.82) is 0 Å². The lowest BCUT2D eigenvalue weighted by molar-refractivity contribution is 0.566. The fourth-order valence-corrected chi connectivity index (χ4v) is 1.40. The minimum Gasteiger partial charge on any atom is -0.404 e. The highest BCUT2D eigenvalue weighted by Crippen LogP contribution is 2.32. The van der Waals surface area contributed by atoms with Crippen molar-refractivity contribution in [2.45, 2.75) is 20.8 Å². The number of allylic oxidation sites excluding steroid dienone is 1. The molecule has 0 unspecified atom stereocenters. The van der Waals surface area contributed by atoms with E-state index < -0.39 is 0 Å². The van der Waals surface area contributed by atoms with Gasteiger partial charge in [0.1, 0.15) is 0 Å². The fourth-order valence-electron chi connectivity index (χ4n) is 1.40. The SMILES string of the molecule is CC(C)(C)/C(=C/N)c1ccccc1. The molecule has 1 aromatic rings. The molecule has 0 aliphatic carbocycles. The average Bonchev–Trinajstić information content (AvgIpc) is 2.05. The zero-order valence-electron chi connectivity index (χ0n) is 8.54. The molecule has 0 saturated carbocycles. The third-order valence-corrected chi connectivity index (χ3v) is 2.06. The highest BCUT2D eigenvalue weighted by Gasteiger charge is 2.17. The number of benzene rings is 1. The molecule has 13 heavy (non-hydrogen) atoms. The normalized spacial score (nSPS) is 13.0. The Morgan fingerprint density at radius 2 is 1.69 bits per heavy atom. The molecule has 0 saturated heterocycles. The molecule has 0 bridgehead atoms. The molecule has 0 spiro atoms. The Morgan fingerprint density at radius 1 is 1.15 bits per heavy atom. The van der Waals surface area contributed by atoms with Crippen LogP contribution in [0.1, 0.15) is 26.3 Å². The van der Waals surface area contributed by atoms with Gasteiger partial charge in [0, 0.05) is 0 Å². The van der Waals surface area contributed by atoms with E-state index in [1.807, 2.05) is 18.2 Å². The van der Waals surface area contributed by atoms with Gasteiger partial charge in [-0.1, -0.05) is 51.1 Å². The van der Waals surface area contributed by atoms with Crippen molar-refractivity contribution < 1.29 is 0 Å². The monoisotopic (exact) mass is 175 g/mol. The molecule has 1 heteroatoms. The summed E-state index contributed by atoms with van der Waals surface area (Å²) in [6.07, 6.45) is 1.70. The van der Waals surface area contributed by atoms with Gasteiger partial charge < -0.3 is 5.73 Å². The topological polar surface area (TPSA) is 26.0 Å². The van der Waals surface area contributed by atoms with Crippen LogP contribution in [0.5, 0.6) is 0 Å². The predicted molar refractivity (Wildman–Crippen MR) is 58.1 cm³/mol. The molecular weight excluding hydrogens is 158 g/mol. The first kappa shape index (κ1) is 9.85. The van der Waals surface area contributed by atoms with Crippen LogP contribution >= 0.6 is 0 Å². The van der Waals surface area contributed by atoms with Gasteiger partial charge in [0.25, 0.3) is 0 Å². The molecular formula is C12H17N. The molecule has 0 amide bonds. The molecule has 0 atom stereocenters. The van der Waals surface area contributed by atoms with E-state index in [4.69, 9.17) is 5.73 Å². The largest absolute Gasteiger partial charge is 0.404 e. The van der Waals surface area contributed by atoms with Crippen LogP contribution in [0.25, 0.3) is 5.57 Å². The molecule has 0 aliphatic heterocycles. The average molecular weight is 175 g/mol. The van der Waals surface area contributed by atoms with E-state index in [0.29, 0.717) is 0 Å². The maximum atomic E-state index is 5.63. The Bertz CT molecular complexity index is 291. The summed E-state index contributed by atoms with van der Waals surface area (Å²) in [6, 6.07) is 10.3. The van der Waals surface area contributed by atoms with Crippen molar-refractivity contribution in [3.8, 4) is 0 Å². The molecule has 1 rings (SSSR count). The molecule has 1 aromatic carbocycles. The van der Waals surface area contributed by atoms with Crippen LogP contribution in [0.2, 0.25) is 0 Å². The molecule has 0 aliphatic rings. The molecule has 70 valence electrons. The second kappa shape index (κ2) is 3.65. The van der Waals surface area contributed by atoms with E-state index in [1.165, 1.54) is 11.1 Å². The first-order valence-corrected chi connectivity index (χ1v) is 4.53. The lowest BCUT2D eigenvalue weighted by Gasteiger charge is -2.22. The molecule has 1 nitrogen and oxygen atoms in total. The molecule has 0 heterocycles. The second-order valence-corrected chi connectivity index (χ2v) is 4.20. The summed E-state index contributed by atoms with van der Waals surface area (Å²) in [7, 11) is 0. The summed E-state index contributed by atoms with van der Waals surface area (Å²) in [5.41, 5.74) is 8.13. The van der Waals surface area contributed by atoms with Crippen molar-refractivity contribution in [3.05, 3.63) is 42.1 Å². The van der Waals surface area contributed by atoms with Crippen molar-refractivity contribution in [2.75, 3.05) is 0 Å². The minimum absolute atomic E-state index is 0.107. The maximum absolute atomic E-state index is 5.63. The highest BCUT2D eigenvalue weighted by molar-refractivity contribution is 5.68. The summed E-state index contributed by atoms with van der Waals surface area (Å²) in [4.78, 5) is 0. The van der Waals surface area contributed by atoms with Gasteiger partial charge in [-0.3, -0.25) is 0 Å². The Balaban J connectivity index is 3.08. The standard InChI is InChI=1S/C12H17N/c1-12(2,3)11(9-13)10-7-5-4-6-8-10/h4-9H,13H2,1-3H3/b11-9+. The number of hydrogen-bond acceptors (Lipinski definition) is 1. The van der Waals surface area contributed by atoms with Gasteiger partial charge >= 0.3 is 0 Å². The first-order valence-electron chi connectivity index (χ1n) is 4.53. The number of nitrogens with two attached hydrogens (primary N) is 1. The van der Waals surface area contributed by atoms with Gasteiger partial charge in [0.15, 0.2) is 0 Å². The van der Waals surface area contributed by atoms with E-state index in [-0.39, 0.29) is 5.41 Å². The van der Waals surface area contributed by atoms with Crippen molar-refractivity contribution in [3.63, 3.8) is 0 Å². The molecule has 0 radical (unpaired) electrons. The van der Waals surface area contributed by atoms with Crippen LogP contribution in [0.15, 0.2) is 36.5 Å². The van der Waals surface area contributed by atoms with E-state index in [1.54, 1.807) is 6.20 Å². The summed E-state index contributed by atoms with van der Waals surface area (Å²) in [5, 5.41) is 0. The van der Waals surface area contributed by atoms with Gasteiger partial charge in [-0.15, -0.1) is 0 Å². The summed E-state index contributed by atoms with van der Waals surface area (Å²) < 4.78 is 0. The van der Waals surface area contributed by atoms with Gasteiger partial charge in [0.05, 0.1) is 0 Å². The Hall–Kier alpha value is -1.24. The molecule has 2 N–H and O–H groups in total. The van der Waals surface area contributed by atoms with Crippen molar-refractivity contribution >= 4 is 5.57 Å². The van der Waals surface area contributed by atoms with Crippen LogP contribution < -0.4 is 5.73 Å². The maximum Gasteiger partial charge on any atom is -0.00183 e. The number of hydrogen-bond donors (Lipinski definition) is 1. The fraction of sp³-hybridized carbons (Fsp3) is 0.333. The Labute approximate surface area is 80.3 Å². The number of rotatable bonds is 1. The smallest absolute Gasteiger partial charge is 0.00183 e. The first-order chi connectivity index (χ1) is 6.05. The van der Waals surface area contributed by atoms with Crippen molar-refractivity contribution in [1.82, 2.24) is 0 Å². The Kier molecular flexibility index (Phi) is 2.76. The lowest BCUT2D eigenvalue weighted by Crippen LogP contribution is -2.09. The minimum atomic E-state index is 0.107. The molecule has 0 aromatic heterocycles. The van der Waals surface area contributed by atoms with E-state index in [0.717, 1.165) is 0 Å². The predicted octanol–water partition coefficient (Wildman–Crippen LogP) is 3.03. The summed E-state index contributed by atoms with van der Waals surface area (Å²) in [5.74, 6) is 0. The van der Waals surface area contributed by atoms with Gasteiger partial charge in [-0.05, 0) is 22.8 Å². The summed E-state index contributed by atoms with van der Waals surface area (Å²) >= 11 is 0. The second-order valence-electron chi connectivity index (χ2n) is 4.20. The Morgan fingerprint density at radius 3 is 2.08 bits per heavy atom. The highest BCUT2D eigenvalue weighted by atomic mass is 14.5. The zero-order valence-corrected chi connectivity index (χ0v) is 8.54. The van der Waals surface area contributed by atoms with Crippen LogP contribution in [0.4, 0.5) is 0 Å². The van der Waals surface area contributed by atoms with E-state index in [2.05, 4.69) is 32.9 Å². The third kappa shape index (κ3) is 2.35. The van der Waals surface area contributed by atoms with Gasteiger partial charge in [0.2, 0.25) is 0 Å². The quantitative estimate of drug-likeness (QED) is 0.697. The van der Waals surface area contributed by atoms with Gasteiger partial charge in [-0.2, -0.15) is 0 Å². The van der Waals surface area contributed by atoms with E-state index in [9.17, 15) is 0 Å². The van der Waals surface area contributed by atoms with Crippen LogP contribution in [0.3, 0.4) is 0 Å². The summed E-state index contributed by atoms with van der Waals surface area (Å²) in [6.45, 7) is 6.50. The van der Waals surface area contributed by atoms with E-state index >= 15 is 0 Å². The van der Waals surface area contributed by atoms with Crippen LogP contribution in [-0.2, 0) is 0 Å². The zero-order chi connectivity index (χ0) is 9.90.